The van der Waals surface area contributed by atoms with Gasteiger partial charge in [-0.25, -0.2) is 9.59 Å². The zero-order valence-electron chi connectivity index (χ0n) is 12.9. The predicted molar refractivity (Wildman–Crippen MR) is 79.2 cm³/mol. The summed E-state index contributed by atoms with van der Waals surface area (Å²) in [6.07, 6.45) is 8.69. The second kappa shape index (κ2) is 11.3. The Hall–Kier alpha value is -1.58. The highest BCUT2D eigenvalue weighted by molar-refractivity contribution is 5.84. The maximum absolute atomic E-state index is 11.4. The minimum Gasteiger partial charge on any atom is -0.459 e. The van der Waals surface area contributed by atoms with Gasteiger partial charge in [-0.3, -0.25) is 0 Å². The van der Waals surface area contributed by atoms with Gasteiger partial charge in [0.1, 0.15) is 12.2 Å². The summed E-state index contributed by atoms with van der Waals surface area (Å²) in [4.78, 5) is 22.9. The van der Waals surface area contributed by atoms with Crippen LogP contribution in [0.2, 0.25) is 0 Å². The highest BCUT2D eigenvalue weighted by Crippen LogP contribution is 2.04. The molecule has 0 aliphatic heterocycles. The molecule has 20 heavy (non-hydrogen) atoms. The number of hydrogen-bond donors (Lipinski definition) is 0. The monoisotopic (exact) mass is 282 g/mol. The van der Waals surface area contributed by atoms with E-state index in [0.29, 0.717) is 0 Å². The molecule has 0 bridgehead atoms. The normalized spacial score (nSPS) is 11.7. The van der Waals surface area contributed by atoms with Gasteiger partial charge < -0.3 is 9.47 Å². The van der Waals surface area contributed by atoms with Gasteiger partial charge in [0.2, 0.25) is 0 Å². The van der Waals surface area contributed by atoms with E-state index < -0.39 is 11.9 Å². The highest BCUT2D eigenvalue weighted by Gasteiger charge is 2.08. The number of ether oxygens (including phenoxy) is 2. The number of esters is 2. The van der Waals surface area contributed by atoms with Gasteiger partial charge in [-0.1, -0.05) is 39.8 Å². The molecule has 0 saturated heterocycles. The van der Waals surface area contributed by atoms with E-state index in [1.165, 1.54) is 24.3 Å². The van der Waals surface area contributed by atoms with Crippen LogP contribution in [0, 0.1) is 0 Å². The molecular weight excluding hydrogens is 256 g/mol. The average molecular weight is 282 g/mol. The van der Waals surface area contributed by atoms with E-state index >= 15 is 0 Å². The molecule has 4 nitrogen and oxygen atoms in total. The van der Waals surface area contributed by atoms with Crippen molar-refractivity contribution in [3.05, 3.63) is 24.3 Å². The summed E-state index contributed by atoms with van der Waals surface area (Å²) in [6.45, 7) is 7.88. The van der Waals surface area contributed by atoms with Crippen molar-refractivity contribution in [2.24, 2.45) is 0 Å². The smallest absolute Gasteiger partial charge is 0.331 e. The van der Waals surface area contributed by atoms with Gasteiger partial charge in [0.25, 0.3) is 0 Å². The third-order valence-corrected chi connectivity index (χ3v) is 2.96. The molecule has 0 aliphatic carbocycles. The van der Waals surface area contributed by atoms with E-state index in [2.05, 4.69) is 0 Å². The number of carbonyl (C=O) groups excluding carboxylic acids is 2. The number of allylic oxidation sites excluding steroid dienone is 2. The van der Waals surface area contributed by atoms with Gasteiger partial charge in [0.05, 0.1) is 0 Å². The van der Waals surface area contributed by atoms with Crippen LogP contribution in [0.5, 0.6) is 0 Å². The van der Waals surface area contributed by atoms with Crippen LogP contribution in [0.25, 0.3) is 0 Å². The van der Waals surface area contributed by atoms with Crippen molar-refractivity contribution in [2.75, 3.05) is 0 Å². The minimum absolute atomic E-state index is 0.0454. The van der Waals surface area contributed by atoms with Gasteiger partial charge in [0, 0.05) is 12.2 Å². The Labute approximate surface area is 121 Å². The van der Waals surface area contributed by atoms with Crippen molar-refractivity contribution in [1.29, 1.82) is 0 Å². The Kier molecular flexibility index (Phi) is 10.4. The standard InChI is InChI=1S/C16H26O4/c1-5-13(6-2)19-15(17)11-9-10-12-16(18)20-14(7-3)8-4/h9-14H,5-8H2,1-4H3/b11-9+,12-10+. The van der Waals surface area contributed by atoms with Crippen LogP contribution < -0.4 is 0 Å². The first kappa shape index (κ1) is 18.4. The molecule has 0 aromatic heterocycles. The van der Waals surface area contributed by atoms with Crippen LogP contribution in [-0.4, -0.2) is 24.1 Å². The van der Waals surface area contributed by atoms with Crippen LogP contribution in [0.15, 0.2) is 24.3 Å². The quantitative estimate of drug-likeness (QED) is 0.368. The van der Waals surface area contributed by atoms with Gasteiger partial charge >= 0.3 is 11.9 Å². The molecule has 0 aliphatic rings. The lowest BCUT2D eigenvalue weighted by atomic mass is 10.2. The molecule has 0 heterocycles. The Morgan fingerprint density at radius 2 is 1.05 bits per heavy atom. The molecule has 114 valence electrons. The van der Waals surface area contributed by atoms with E-state index in [1.54, 1.807) is 0 Å². The van der Waals surface area contributed by atoms with Gasteiger partial charge in [0.15, 0.2) is 0 Å². The summed E-state index contributed by atoms with van der Waals surface area (Å²) in [5, 5.41) is 0. The number of rotatable bonds is 9. The van der Waals surface area contributed by atoms with Crippen molar-refractivity contribution >= 4 is 11.9 Å². The van der Waals surface area contributed by atoms with Crippen molar-refractivity contribution in [3.8, 4) is 0 Å². The van der Waals surface area contributed by atoms with E-state index in [0.717, 1.165) is 25.7 Å². The molecule has 0 fully saturated rings. The lowest BCUT2D eigenvalue weighted by Crippen LogP contribution is -2.14. The van der Waals surface area contributed by atoms with Gasteiger partial charge in [-0.05, 0) is 25.7 Å². The number of hydrogen-bond acceptors (Lipinski definition) is 4. The molecule has 4 heteroatoms. The molecule has 0 rings (SSSR count). The minimum atomic E-state index is -0.392. The largest absolute Gasteiger partial charge is 0.459 e. The fraction of sp³-hybridized carbons (Fsp3) is 0.625. The first-order valence-corrected chi connectivity index (χ1v) is 7.33. The molecule has 0 amide bonds. The molecule has 0 N–H and O–H groups in total. The topological polar surface area (TPSA) is 52.6 Å². The Morgan fingerprint density at radius 1 is 0.750 bits per heavy atom. The van der Waals surface area contributed by atoms with E-state index in [9.17, 15) is 9.59 Å². The van der Waals surface area contributed by atoms with Gasteiger partial charge in [-0.2, -0.15) is 0 Å². The van der Waals surface area contributed by atoms with Crippen LogP contribution in [0.4, 0.5) is 0 Å². The fourth-order valence-corrected chi connectivity index (χ4v) is 1.59. The molecular formula is C16H26O4. The van der Waals surface area contributed by atoms with Crippen LogP contribution in [0.3, 0.4) is 0 Å². The third-order valence-electron chi connectivity index (χ3n) is 2.96. The Morgan fingerprint density at radius 3 is 1.30 bits per heavy atom. The second-order valence-electron chi connectivity index (χ2n) is 4.47. The van der Waals surface area contributed by atoms with Crippen LogP contribution in [0.1, 0.15) is 53.4 Å². The molecule has 0 unspecified atom stereocenters. The van der Waals surface area contributed by atoms with Crippen molar-refractivity contribution in [2.45, 2.75) is 65.6 Å². The SMILES string of the molecule is CCC(CC)OC(=O)/C=C/C=C/C(=O)OC(CC)CC. The molecule has 0 saturated carbocycles. The maximum atomic E-state index is 11.4. The summed E-state index contributed by atoms with van der Waals surface area (Å²) < 4.78 is 10.4. The second-order valence-corrected chi connectivity index (χ2v) is 4.47. The van der Waals surface area contributed by atoms with Crippen molar-refractivity contribution < 1.29 is 19.1 Å². The summed E-state index contributed by atoms with van der Waals surface area (Å²) >= 11 is 0. The lowest BCUT2D eigenvalue weighted by Gasteiger charge is -2.12. The Bertz CT molecular complexity index is 302. The zero-order chi connectivity index (χ0) is 15.4. The lowest BCUT2D eigenvalue weighted by molar-refractivity contribution is -0.144. The summed E-state index contributed by atoms with van der Waals surface area (Å²) in [5.41, 5.74) is 0. The number of carbonyl (C=O) groups is 2. The Balaban J connectivity index is 4.12. The van der Waals surface area contributed by atoms with Gasteiger partial charge in [-0.15, -0.1) is 0 Å². The molecule has 0 radical (unpaired) electrons. The molecule has 0 aromatic rings. The van der Waals surface area contributed by atoms with Crippen molar-refractivity contribution in [1.82, 2.24) is 0 Å². The van der Waals surface area contributed by atoms with Crippen molar-refractivity contribution in [3.63, 3.8) is 0 Å². The van der Waals surface area contributed by atoms with E-state index in [-0.39, 0.29) is 12.2 Å². The maximum Gasteiger partial charge on any atom is 0.331 e. The van der Waals surface area contributed by atoms with E-state index in [4.69, 9.17) is 9.47 Å². The molecule has 0 atom stereocenters. The van der Waals surface area contributed by atoms with Crippen LogP contribution >= 0.6 is 0 Å². The first-order chi connectivity index (χ1) is 9.57. The summed E-state index contributed by atoms with van der Waals surface area (Å²) in [5.74, 6) is -0.784. The van der Waals surface area contributed by atoms with E-state index in [1.807, 2.05) is 27.7 Å². The summed E-state index contributed by atoms with van der Waals surface area (Å²) in [6, 6.07) is 0. The first-order valence-electron chi connectivity index (χ1n) is 7.33. The predicted octanol–water partition coefficient (Wildman–Crippen LogP) is 3.56. The highest BCUT2D eigenvalue weighted by atomic mass is 16.5. The fourth-order valence-electron chi connectivity index (χ4n) is 1.59. The third kappa shape index (κ3) is 8.51. The molecule has 0 aromatic carbocycles. The van der Waals surface area contributed by atoms with Crippen LogP contribution in [-0.2, 0) is 19.1 Å². The summed E-state index contributed by atoms with van der Waals surface area (Å²) in [7, 11) is 0. The average Bonchev–Trinajstić information content (AvgIpc) is 2.46. The molecule has 0 spiro atoms. The zero-order valence-corrected chi connectivity index (χ0v) is 12.9.